The molecule has 140 valence electrons. The number of anilines is 2. The first-order chi connectivity index (χ1) is 12.6. The van der Waals surface area contributed by atoms with E-state index in [1.165, 1.54) is 6.92 Å². The summed E-state index contributed by atoms with van der Waals surface area (Å²) in [5.74, 6) is 0.773. The molecule has 0 radical (unpaired) electrons. The van der Waals surface area contributed by atoms with Gasteiger partial charge in [0.2, 0.25) is 5.91 Å². The topological polar surface area (TPSA) is 70.2 Å². The summed E-state index contributed by atoms with van der Waals surface area (Å²) in [6.07, 6.45) is 2.67. The van der Waals surface area contributed by atoms with Crippen molar-refractivity contribution in [2.24, 2.45) is 0 Å². The Morgan fingerprint density at radius 3 is 2.54 bits per heavy atom. The minimum atomic E-state index is -0.0714. The molecule has 2 rings (SSSR count). The number of carbonyl (C=O) groups excluding carboxylic acids is 1. The van der Waals surface area contributed by atoms with Crippen molar-refractivity contribution < 1.29 is 4.79 Å². The monoisotopic (exact) mass is 373 g/mol. The Morgan fingerprint density at radius 2 is 1.88 bits per heavy atom. The molecule has 0 atom stereocenters. The van der Waals surface area contributed by atoms with E-state index in [-0.39, 0.29) is 5.91 Å². The molecule has 0 saturated heterocycles. The van der Waals surface area contributed by atoms with Gasteiger partial charge in [-0.25, -0.2) is 9.97 Å². The van der Waals surface area contributed by atoms with Crippen LogP contribution in [-0.2, 0) is 4.79 Å². The van der Waals surface area contributed by atoms with Gasteiger partial charge in [-0.2, -0.15) is 0 Å². The molecule has 1 aromatic carbocycles. The lowest BCUT2D eigenvalue weighted by atomic mass is 10.3. The van der Waals surface area contributed by atoms with E-state index in [0.717, 1.165) is 54.0 Å². The summed E-state index contributed by atoms with van der Waals surface area (Å²) in [6.45, 7) is 10.0. The highest BCUT2D eigenvalue weighted by Gasteiger charge is 2.03. The SMILES string of the molecule is CCN(CC)CCCNc1cc(Sc2ccc(NC(C)=O)cc2)ncn1. The predicted molar refractivity (Wildman–Crippen MR) is 108 cm³/mol. The van der Waals surface area contributed by atoms with Crippen LogP contribution in [0.1, 0.15) is 27.2 Å². The summed E-state index contributed by atoms with van der Waals surface area (Å²) in [6, 6.07) is 9.67. The van der Waals surface area contributed by atoms with E-state index in [2.05, 4.69) is 39.3 Å². The Bertz CT molecular complexity index is 689. The van der Waals surface area contributed by atoms with E-state index in [0.29, 0.717) is 0 Å². The summed E-state index contributed by atoms with van der Waals surface area (Å²) in [7, 11) is 0. The van der Waals surface area contributed by atoms with Crippen LogP contribution in [0.15, 0.2) is 46.6 Å². The maximum absolute atomic E-state index is 11.1. The number of hydrogen-bond donors (Lipinski definition) is 2. The molecule has 1 amide bonds. The lowest BCUT2D eigenvalue weighted by Crippen LogP contribution is -2.25. The van der Waals surface area contributed by atoms with Crippen molar-refractivity contribution in [1.29, 1.82) is 0 Å². The van der Waals surface area contributed by atoms with Crippen LogP contribution in [0.25, 0.3) is 0 Å². The number of nitrogens with one attached hydrogen (secondary N) is 2. The van der Waals surface area contributed by atoms with Gasteiger partial charge in [0, 0.05) is 30.1 Å². The van der Waals surface area contributed by atoms with Crippen LogP contribution >= 0.6 is 11.8 Å². The normalized spacial score (nSPS) is 10.8. The van der Waals surface area contributed by atoms with Crippen molar-refractivity contribution >= 4 is 29.2 Å². The molecule has 0 aliphatic heterocycles. The fourth-order valence-electron chi connectivity index (χ4n) is 2.48. The second kappa shape index (κ2) is 10.8. The third-order valence-corrected chi connectivity index (χ3v) is 4.83. The van der Waals surface area contributed by atoms with Crippen molar-refractivity contribution in [3.8, 4) is 0 Å². The van der Waals surface area contributed by atoms with Crippen LogP contribution in [0, 0.1) is 0 Å². The molecule has 7 heteroatoms. The standard InChI is InChI=1S/C19H27N5OS/c1-4-24(5-2)12-6-11-20-18-13-19(22-14-21-18)26-17-9-7-16(8-10-17)23-15(3)25/h7-10,13-14H,4-6,11-12H2,1-3H3,(H,23,25)(H,20,21,22). The molecule has 0 fully saturated rings. The molecule has 0 saturated carbocycles. The minimum absolute atomic E-state index is 0.0714. The van der Waals surface area contributed by atoms with E-state index >= 15 is 0 Å². The van der Waals surface area contributed by atoms with Crippen LogP contribution in [0.3, 0.4) is 0 Å². The van der Waals surface area contributed by atoms with Gasteiger partial charge in [0.25, 0.3) is 0 Å². The van der Waals surface area contributed by atoms with Crippen LogP contribution < -0.4 is 10.6 Å². The zero-order valence-corrected chi connectivity index (χ0v) is 16.5. The van der Waals surface area contributed by atoms with Gasteiger partial charge in [-0.05, 0) is 50.3 Å². The zero-order valence-electron chi connectivity index (χ0n) is 15.7. The van der Waals surface area contributed by atoms with Gasteiger partial charge in [0.1, 0.15) is 17.2 Å². The van der Waals surface area contributed by atoms with E-state index in [9.17, 15) is 4.79 Å². The van der Waals surface area contributed by atoms with Gasteiger partial charge >= 0.3 is 0 Å². The third-order valence-electron chi connectivity index (χ3n) is 3.89. The highest BCUT2D eigenvalue weighted by Crippen LogP contribution is 2.27. The zero-order chi connectivity index (χ0) is 18.8. The molecule has 0 aliphatic carbocycles. The molecule has 26 heavy (non-hydrogen) atoms. The number of hydrogen-bond acceptors (Lipinski definition) is 6. The second-order valence-electron chi connectivity index (χ2n) is 5.86. The summed E-state index contributed by atoms with van der Waals surface area (Å²) < 4.78 is 0. The lowest BCUT2D eigenvalue weighted by molar-refractivity contribution is -0.114. The highest BCUT2D eigenvalue weighted by atomic mass is 32.2. The lowest BCUT2D eigenvalue weighted by Gasteiger charge is -2.17. The molecule has 0 bridgehead atoms. The number of carbonyl (C=O) groups is 1. The van der Waals surface area contributed by atoms with E-state index in [4.69, 9.17) is 0 Å². The van der Waals surface area contributed by atoms with Gasteiger partial charge in [0.15, 0.2) is 0 Å². The molecule has 1 heterocycles. The van der Waals surface area contributed by atoms with Crippen molar-refractivity contribution in [3.63, 3.8) is 0 Å². The largest absolute Gasteiger partial charge is 0.370 e. The Morgan fingerprint density at radius 1 is 1.15 bits per heavy atom. The number of benzene rings is 1. The van der Waals surface area contributed by atoms with Crippen molar-refractivity contribution in [1.82, 2.24) is 14.9 Å². The predicted octanol–water partition coefficient (Wildman–Crippen LogP) is 3.73. The molecule has 6 nitrogen and oxygen atoms in total. The molecule has 0 spiro atoms. The summed E-state index contributed by atoms with van der Waals surface area (Å²) in [5, 5.41) is 7.02. The Kier molecular flexibility index (Phi) is 8.37. The Labute approximate surface area is 159 Å². The highest BCUT2D eigenvalue weighted by molar-refractivity contribution is 7.99. The summed E-state index contributed by atoms with van der Waals surface area (Å²) in [5.41, 5.74) is 0.792. The van der Waals surface area contributed by atoms with Crippen molar-refractivity contribution in [2.45, 2.75) is 37.1 Å². The van der Waals surface area contributed by atoms with E-state index in [1.54, 1.807) is 18.1 Å². The average Bonchev–Trinajstić information content (AvgIpc) is 2.63. The van der Waals surface area contributed by atoms with Gasteiger partial charge in [-0.1, -0.05) is 25.6 Å². The fraction of sp³-hybridized carbons (Fsp3) is 0.421. The van der Waals surface area contributed by atoms with Crippen LogP contribution in [0.2, 0.25) is 0 Å². The molecule has 0 unspecified atom stereocenters. The van der Waals surface area contributed by atoms with Crippen molar-refractivity contribution in [3.05, 3.63) is 36.7 Å². The van der Waals surface area contributed by atoms with Gasteiger partial charge in [-0.3, -0.25) is 4.79 Å². The Hall–Kier alpha value is -2.12. The first-order valence-corrected chi connectivity index (χ1v) is 9.76. The number of amides is 1. The number of rotatable bonds is 10. The fourth-order valence-corrected chi connectivity index (χ4v) is 3.27. The quantitative estimate of drug-likeness (QED) is 0.488. The summed E-state index contributed by atoms with van der Waals surface area (Å²) in [4.78, 5) is 23.1. The smallest absolute Gasteiger partial charge is 0.221 e. The van der Waals surface area contributed by atoms with E-state index < -0.39 is 0 Å². The molecular weight excluding hydrogens is 346 g/mol. The Balaban J connectivity index is 1.85. The number of nitrogens with zero attached hydrogens (tertiary/aromatic N) is 3. The maximum Gasteiger partial charge on any atom is 0.221 e. The second-order valence-corrected chi connectivity index (χ2v) is 6.95. The molecule has 0 aliphatic rings. The first kappa shape index (κ1) is 20.2. The molecule has 1 aromatic heterocycles. The summed E-state index contributed by atoms with van der Waals surface area (Å²) >= 11 is 1.57. The van der Waals surface area contributed by atoms with Gasteiger partial charge in [0.05, 0.1) is 0 Å². The third kappa shape index (κ3) is 7.01. The van der Waals surface area contributed by atoms with E-state index in [1.807, 2.05) is 30.3 Å². The molecule has 2 N–H and O–H groups in total. The number of aromatic nitrogens is 2. The van der Waals surface area contributed by atoms with Crippen LogP contribution in [0.5, 0.6) is 0 Å². The molecular formula is C19H27N5OS. The minimum Gasteiger partial charge on any atom is -0.370 e. The first-order valence-electron chi connectivity index (χ1n) is 8.94. The van der Waals surface area contributed by atoms with Crippen LogP contribution in [-0.4, -0.2) is 47.0 Å². The maximum atomic E-state index is 11.1. The van der Waals surface area contributed by atoms with Gasteiger partial charge < -0.3 is 15.5 Å². The average molecular weight is 374 g/mol. The van der Waals surface area contributed by atoms with Crippen LogP contribution in [0.4, 0.5) is 11.5 Å². The van der Waals surface area contributed by atoms with Crippen molar-refractivity contribution in [2.75, 3.05) is 36.8 Å². The van der Waals surface area contributed by atoms with Gasteiger partial charge in [-0.15, -0.1) is 0 Å². The molecule has 2 aromatic rings.